The fraction of sp³-hybridized carbons (Fsp3) is 0.273. The Balaban J connectivity index is 1.55. The number of hydrogen-bond acceptors (Lipinski definition) is 8. The Labute approximate surface area is 255 Å². The van der Waals surface area contributed by atoms with Crippen LogP contribution in [0.2, 0.25) is 0 Å². The molecule has 1 fully saturated rings. The van der Waals surface area contributed by atoms with E-state index >= 15 is 0 Å². The summed E-state index contributed by atoms with van der Waals surface area (Å²) >= 11 is 0. The van der Waals surface area contributed by atoms with Gasteiger partial charge in [0.25, 0.3) is 17.7 Å². The molecule has 1 aliphatic rings. The van der Waals surface area contributed by atoms with Gasteiger partial charge in [-0.3, -0.25) is 19.7 Å². The number of carbonyl (C=O) groups is 4. The Morgan fingerprint density at radius 3 is 2.39 bits per heavy atom. The molecule has 5 amide bonds. The third-order valence-corrected chi connectivity index (χ3v) is 6.78. The summed E-state index contributed by atoms with van der Waals surface area (Å²) in [4.78, 5) is 52.4. The van der Waals surface area contributed by atoms with Gasteiger partial charge in [0.15, 0.2) is 29.6 Å². The van der Waals surface area contributed by atoms with Gasteiger partial charge in [-0.1, -0.05) is 25.1 Å². The fourth-order valence-corrected chi connectivity index (χ4v) is 4.40. The van der Waals surface area contributed by atoms with E-state index in [0.29, 0.717) is 47.5 Å². The van der Waals surface area contributed by atoms with Crippen LogP contribution < -0.4 is 34.5 Å². The van der Waals surface area contributed by atoms with Gasteiger partial charge in [-0.05, 0) is 80.3 Å². The molecular formula is C33H35N3O8. The molecule has 0 unspecified atom stereocenters. The highest BCUT2D eigenvalue weighted by Crippen LogP contribution is 2.34. The average Bonchev–Trinajstić information content (AvgIpc) is 3.00. The zero-order valence-corrected chi connectivity index (χ0v) is 25.3. The molecule has 11 heteroatoms. The number of nitrogens with zero attached hydrogens (tertiary/aromatic N) is 1. The zero-order valence-electron chi connectivity index (χ0n) is 25.3. The SMILES string of the molecule is CCCOc1ccc(N2C(=O)NC(=O)/C(=C/c3ccc(OCC(=O)Nc4cccc(C)c4C)c(OCC)c3)C2=O)cc1OC. The number of urea groups is 1. The summed E-state index contributed by atoms with van der Waals surface area (Å²) in [6.45, 7) is 8.14. The molecule has 0 spiro atoms. The van der Waals surface area contributed by atoms with Crippen LogP contribution in [0.25, 0.3) is 6.08 Å². The van der Waals surface area contributed by atoms with Crippen molar-refractivity contribution in [2.75, 3.05) is 37.1 Å². The summed E-state index contributed by atoms with van der Waals surface area (Å²) in [5.41, 5.74) is 3.09. The fourth-order valence-electron chi connectivity index (χ4n) is 4.40. The van der Waals surface area contributed by atoms with E-state index in [1.54, 1.807) is 31.2 Å². The first-order valence-electron chi connectivity index (χ1n) is 14.1. The van der Waals surface area contributed by atoms with Crippen LogP contribution in [0.5, 0.6) is 23.0 Å². The molecule has 3 aromatic rings. The lowest BCUT2D eigenvalue weighted by Crippen LogP contribution is -2.54. The van der Waals surface area contributed by atoms with E-state index in [4.69, 9.17) is 18.9 Å². The largest absolute Gasteiger partial charge is 0.493 e. The summed E-state index contributed by atoms with van der Waals surface area (Å²) in [5, 5.41) is 5.06. The number of imide groups is 2. The van der Waals surface area contributed by atoms with E-state index in [-0.39, 0.29) is 23.8 Å². The number of methoxy groups -OCH3 is 1. The first-order valence-corrected chi connectivity index (χ1v) is 14.1. The lowest BCUT2D eigenvalue weighted by Gasteiger charge is -2.27. The van der Waals surface area contributed by atoms with Crippen molar-refractivity contribution in [1.29, 1.82) is 0 Å². The maximum absolute atomic E-state index is 13.5. The highest BCUT2D eigenvalue weighted by atomic mass is 16.5. The first-order chi connectivity index (χ1) is 21.2. The van der Waals surface area contributed by atoms with Crippen molar-refractivity contribution in [2.24, 2.45) is 0 Å². The van der Waals surface area contributed by atoms with Gasteiger partial charge in [0, 0.05) is 11.8 Å². The van der Waals surface area contributed by atoms with Gasteiger partial charge >= 0.3 is 6.03 Å². The summed E-state index contributed by atoms with van der Waals surface area (Å²) in [5.74, 6) is -0.591. The number of anilines is 2. The highest BCUT2D eigenvalue weighted by Gasteiger charge is 2.37. The number of ether oxygens (including phenoxy) is 4. The minimum Gasteiger partial charge on any atom is -0.493 e. The van der Waals surface area contributed by atoms with Crippen molar-refractivity contribution < 1.29 is 38.1 Å². The van der Waals surface area contributed by atoms with E-state index in [9.17, 15) is 19.2 Å². The minimum absolute atomic E-state index is 0.199. The van der Waals surface area contributed by atoms with E-state index in [1.165, 1.54) is 25.3 Å². The Kier molecular flexibility index (Phi) is 10.2. The van der Waals surface area contributed by atoms with Crippen molar-refractivity contribution in [2.45, 2.75) is 34.1 Å². The minimum atomic E-state index is -0.890. The van der Waals surface area contributed by atoms with Crippen molar-refractivity contribution >= 4 is 41.2 Å². The van der Waals surface area contributed by atoms with E-state index in [1.807, 2.05) is 39.0 Å². The molecule has 0 aromatic heterocycles. The van der Waals surface area contributed by atoms with Crippen LogP contribution in [0, 0.1) is 13.8 Å². The van der Waals surface area contributed by atoms with Crippen molar-refractivity contribution in [3.63, 3.8) is 0 Å². The van der Waals surface area contributed by atoms with Crippen LogP contribution in [0.15, 0.2) is 60.2 Å². The van der Waals surface area contributed by atoms with Crippen LogP contribution >= 0.6 is 0 Å². The molecular weight excluding hydrogens is 566 g/mol. The number of carbonyl (C=O) groups excluding carboxylic acids is 4. The quantitative estimate of drug-likeness (QED) is 0.214. The number of benzene rings is 3. The van der Waals surface area contributed by atoms with Gasteiger partial charge in [-0.2, -0.15) is 0 Å². The van der Waals surface area contributed by atoms with Crippen LogP contribution in [0.4, 0.5) is 16.2 Å². The van der Waals surface area contributed by atoms with Crippen LogP contribution in [-0.4, -0.2) is 50.7 Å². The van der Waals surface area contributed by atoms with E-state index in [2.05, 4.69) is 10.6 Å². The third-order valence-electron chi connectivity index (χ3n) is 6.78. The van der Waals surface area contributed by atoms with Crippen molar-refractivity contribution in [3.8, 4) is 23.0 Å². The van der Waals surface area contributed by atoms with Gasteiger partial charge in [0.1, 0.15) is 5.57 Å². The van der Waals surface area contributed by atoms with Gasteiger partial charge in [-0.15, -0.1) is 0 Å². The van der Waals surface area contributed by atoms with Gasteiger partial charge in [-0.25, -0.2) is 9.69 Å². The Hall–Kier alpha value is -5.32. The normalized spacial score (nSPS) is 13.9. The molecule has 1 heterocycles. The lowest BCUT2D eigenvalue weighted by atomic mass is 10.1. The summed E-state index contributed by atoms with van der Waals surface area (Å²) < 4.78 is 22.5. The number of barbiturate groups is 1. The molecule has 44 heavy (non-hydrogen) atoms. The van der Waals surface area contributed by atoms with Gasteiger partial charge < -0.3 is 24.3 Å². The molecule has 0 saturated carbocycles. The topological polar surface area (TPSA) is 132 Å². The molecule has 0 bridgehead atoms. The molecule has 0 atom stereocenters. The maximum atomic E-state index is 13.5. The Morgan fingerprint density at radius 2 is 1.66 bits per heavy atom. The monoisotopic (exact) mass is 601 g/mol. The summed E-state index contributed by atoms with van der Waals surface area (Å²) in [6.07, 6.45) is 2.14. The summed E-state index contributed by atoms with van der Waals surface area (Å²) in [7, 11) is 1.45. The number of nitrogens with one attached hydrogen (secondary N) is 2. The van der Waals surface area contributed by atoms with Crippen LogP contribution in [0.1, 0.15) is 37.0 Å². The van der Waals surface area contributed by atoms with Crippen molar-refractivity contribution in [3.05, 3.63) is 76.9 Å². The second-order valence-corrected chi connectivity index (χ2v) is 9.86. The van der Waals surface area contributed by atoms with Crippen LogP contribution in [-0.2, 0) is 14.4 Å². The predicted octanol–water partition coefficient (Wildman–Crippen LogP) is 5.18. The standard InChI is InChI=1S/C33H35N3O8/c1-6-15-43-26-14-12-23(18-28(26)41-5)36-32(39)24(31(38)35-33(36)40)16-22-11-13-27(29(17-22)42-7-2)44-19-30(37)34-25-10-8-9-20(3)21(25)4/h8-14,16-18H,6-7,15,19H2,1-5H3,(H,34,37)(H,35,38,40)/b24-16-. The summed E-state index contributed by atoms with van der Waals surface area (Å²) in [6, 6.07) is 14.2. The third kappa shape index (κ3) is 7.17. The zero-order chi connectivity index (χ0) is 31.8. The first kappa shape index (κ1) is 31.6. The predicted molar refractivity (Wildman–Crippen MR) is 165 cm³/mol. The van der Waals surface area contributed by atoms with E-state index < -0.39 is 17.8 Å². The number of rotatable bonds is 12. The number of amides is 5. The van der Waals surface area contributed by atoms with Gasteiger partial charge in [0.05, 0.1) is 26.0 Å². The molecule has 11 nitrogen and oxygen atoms in total. The molecule has 0 radical (unpaired) electrons. The molecule has 3 aromatic carbocycles. The maximum Gasteiger partial charge on any atom is 0.335 e. The second kappa shape index (κ2) is 14.2. The molecule has 230 valence electrons. The molecule has 2 N–H and O–H groups in total. The Morgan fingerprint density at radius 1 is 0.909 bits per heavy atom. The smallest absolute Gasteiger partial charge is 0.335 e. The van der Waals surface area contributed by atoms with Crippen molar-refractivity contribution in [1.82, 2.24) is 5.32 Å². The molecule has 0 aliphatic carbocycles. The molecule has 1 aliphatic heterocycles. The Bertz CT molecular complexity index is 1610. The molecule has 4 rings (SSSR count). The molecule has 1 saturated heterocycles. The average molecular weight is 602 g/mol. The lowest BCUT2D eigenvalue weighted by molar-refractivity contribution is -0.122. The number of hydrogen-bond donors (Lipinski definition) is 2. The highest BCUT2D eigenvalue weighted by molar-refractivity contribution is 6.39. The second-order valence-electron chi connectivity index (χ2n) is 9.86. The van der Waals surface area contributed by atoms with Crippen LogP contribution in [0.3, 0.4) is 0 Å². The number of aryl methyl sites for hydroxylation is 1. The van der Waals surface area contributed by atoms with Gasteiger partial charge in [0.2, 0.25) is 0 Å². The van der Waals surface area contributed by atoms with E-state index in [0.717, 1.165) is 22.4 Å².